The molecule has 0 spiro atoms. The fourth-order valence-corrected chi connectivity index (χ4v) is 2.69. The maximum Gasteiger partial charge on any atom is 0.176 e. The first-order valence-electron chi connectivity index (χ1n) is 4.93. The number of benzene rings is 1. The third kappa shape index (κ3) is 1.76. The topological polar surface area (TPSA) is 26.3 Å². The Balaban J connectivity index is 2.37. The molecule has 15 heavy (non-hydrogen) atoms. The molecule has 0 N–H and O–H groups in total. The lowest BCUT2D eigenvalue weighted by Gasteiger charge is -2.32. The molecule has 0 bridgehead atoms. The van der Waals surface area contributed by atoms with Crippen LogP contribution >= 0.6 is 11.8 Å². The van der Waals surface area contributed by atoms with Crippen molar-refractivity contribution < 1.29 is 9.53 Å². The molecule has 80 valence electrons. The zero-order valence-electron chi connectivity index (χ0n) is 8.95. The number of carbonyl (C=O) groups is 1. The van der Waals surface area contributed by atoms with Gasteiger partial charge in [-0.15, -0.1) is 0 Å². The molecule has 0 saturated heterocycles. The van der Waals surface area contributed by atoms with Crippen molar-refractivity contribution in [3.8, 4) is 5.75 Å². The molecule has 0 amide bonds. The van der Waals surface area contributed by atoms with Gasteiger partial charge in [0.1, 0.15) is 12.4 Å². The largest absolute Gasteiger partial charge is 0.492 e. The molecule has 1 aromatic carbocycles. The first-order chi connectivity index (χ1) is 7.17. The molecule has 2 nitrogen and oxygen atoms in total. The van der Waals surface area contributed by atoms with E-state index in [1.165, 1.54) is 0 Å². The van der Waals surface area contributed by atoms with E-state index >= 15 is 0 Å². The second-order valence-corrected chi connectivity index (χ2v) is 4.97. The van der Waals surface area contributed by atoms with Crippen molar-refractivity contribution in [1.82, 2.24) is 0 Å². The van der Waals surface area contributed by atoms with Crippen LogP contribution < -0.4 is 4.74 Å². The van der Waals surface area contributed by atoms with E-state index in [1.807, 2.05) is 37.4 Å². The van der Waals surface area contributed by atoms with Crippen LogP contribution in [0.1, 0.15) is 17.3 Å². The van der Waals surface area contributed by atoms with Crippen LogP contribution in [0.3, 0.4) is 0 Å². The average Bonchev–Trinajstić information content (AvgIpc) is 2.25. The number of carbonyl (C=O) groups excluding carboxylic acids is 1. The summed E-state index contributed by atoms with van der Waals surface area (Å²) in [6, 6.07) is 7.47. The molecule has 1 unspecified atom stereocenters. The molecule has 0 aromatic heterocycles. The first-order valence-corrected chi connectivity index (χ1v) is 6.32. The van der Waals surface area contributed by atoms with E-state index in [0.29, 0.717) is 6.61 Å². The van der Waals surface area contributed by atoms with Crippen molar-refractivity contribution in [1.29, 1.82) is 0 Å². The smallest absolute Gasteiger partial charge is 0.176 e. The van der Waals surface area contributed by atoms with Crippen LogP contribution in [-0.2, 0) is 0 Å². The Morgan fingerprint density at radius 1 is 1.47 bits per heavy atom. The predicted octanol–water partition coefficient (Wildman–Crippen LogP) is 2.63. The molecule has 1 aliphatic heterocycles. The van der Waals surface area contributed by atoms with Gasteiger partial charge in [0.15, 0.2) is 5.78 Å². The summed E-state index contributed by atoms with van der Waals surface area (Å²) >= 11 is 1.68. The van der Waals surface area contributed by atoms with E-state index in [-0.39, 0.29) is 11.2 Å². The first kappa shape index (κ1) is 10.6. The number of rotatable bonds is 2. The molecule has 1 heterocycles. The van der Waals surface area contributed by atoms with Gasteiger partial charge in [-0.25, -0.2) is 0 Å². The van der Waals surface area contributed by atoms with E-state index in [2.05, 4.69) is 0 Å². The van der Waals surface area contributed by atoms with Gasteiger partial charge >= 0.3 is 0 Å². The Morgan fingerprint density at radius 2 is 2.20 bits per heavy atom. The summed E-state index contributed by atoms with van der Waals surface area (Å²) in [5, 5.41) is 0. The number of ketones is 1. The van der Waals surface area contributed by atoms with E-state index in [1.54, 1.807) is 11.8 Å². The van der Waals surface area contributed by atoms with Crippen LogP contribution in [0.25, 0.3) is 0 Å². The van der Waals surface area contributed by atoms with Gasteiger partial charge in [-0.2, -0.15) is 11.8 Å². The summed E-state index contributed by atoms with van der Waals surface area (Å²) in [5.74, 6) is 1.74. The Morgan fingerprint density at radius 3 is 2.93 bits per heavy atom. The van der Waals surface area contributed by atoms with E-state index in [4.69, 9.17) is 4.74 Å². The van der Waals surface area contributed by atoms with E-state index in [0.717, 1.165) is 17.1 Å². The molecule has 1 atom stereocenters. The second kappa shape index (κ2) is 3.89. The van der Waals surface area contributed by atoms with Crippen LogP contribution in [0.4, 0.5) is 0 Å². The zero-order valence-corrected chi connectivity index (χ0v) is 9.76. The number of hydrogen-bond donors (Lipinski definition) is 0. The summed E-state index contributed by atoms with van der Waals surface area (Å²) in [5.41, 5.74) is 0.355. The van der Waals surface area contributed by atoms with Crippen LogP contribution in [0.15, 0.2) is 24.3 Å². The number of para-hydroxylation sites is 1. The van der Waals surface area contributed by atoms with Crippen LogP contribution in [0, 0.1) is 5.41 Å². The van der Waals surface area contributed by atoms with Gasteiger partial charge < -0.3 is 4.74 Å². The number of fused-ring (bicyclic) bond motifs is 1. The fraction of sp³-hybridized carbons (Fsp3) is 0.417. The van der Waals surface area contributed by atoms with Crippen molar-refractivity contribution in [2.75, 3.05) is 18.6 Å². The number of hydrogen-bond acceptors (Lipinski definition) is 3. The van der Waals surface area contributed by atoms with Gasteiger partial charge in [0, 0.05) is 5.75 Å². The minimum Gasteiger partial charge on any atom is -0.492 e. The lowest BCUT2D eigenvalue weighted by atomic mass is 9.83. The highest BCUT2D eigenvalue weighted by Gasteiger charge is 2.39. The van der Waals surface area contributed by atoms with Gasteiger partial charge in [-0.05, 0) is 25.3 Å². The Kier molecular flexibility index (Phi) is 2.74. The molecule has 3 heteroatoms. The summed E-state index contributed by atoms with van der Waals surface area (Å²) in [6.07, 6.45) is 2.01. The quantitative estimate of drug-likeness (QED) is 0.769. The fourth-order valence-electron chi connectivity index (χ4n) is 1.83. The lowest BCUT2D eigenvalue weighted by Crippen LogP contribution is -2.40. The maximum atomic E-state index is 12.2. The van der Waals surface area contributed by atoms with Gasteiger partial charge in [0.25, 0.3) is 0 Å². The Labute approximate surface area is 94.0 Å². The van der Waals surface area contributed by atoms with Crippen molar-refractivity contribution in [3.05, 3.63) is 29.8 Å². The minimum atomic E-state index is -0.367. The van der Waals surface area contributed by atoms with Crippen LogP contribution in [0.5, 0.6) is 5.75 Å². The highest BCUT2D eigenvalue weighted by Crippen LogP contribution is 2.35. The standard InChI is InChI=1S/C12H14O2S/c1-12(8-15-2)7-14-10-6-4-3-5-9(10)11(12)13/h3-6H,7-8H2,1-2H3. The normalized spacial score (nSPS) is 24.5. The average molecular weight is 222 g/mol. The number of thioether (sulfide) groups is 1. The predicted molar refractivity (Wildman–Crippen MR) is 62.8 cm³/mol. The molecule has 1 aliphatic rings. The summed E-state index contributed by atoms with van der Waals surface area (Å²) in [6.45, 7) is 2.46. The van der Waals surface area contributed by atoms with Gasteiger partial charge in [-0.3, -0.25) is 4.79 Å². The van der Waals surface area contributed by atoms with E-state index in [9.17, 15) is 4.79 Å². The van der Waals surface area contributed by atoms with Gasteiger partial charge in [-0.1, -0.05) is 12.1 Å². The molecule has 1 aromatic rings. The molecule has 0 aliphatic carbocycles. The SMILES string of the molecule is CSCC1(C)COc2ccccc2C1=O. The third-order valence-corrected chi connectivity index (χ3v) is 3.61. The number of ether oxygens (including phenoxy) is 1. The Hall–Kier alpha value is -0.960. The molecular weight excluding hydrogens is 208 g/mol. The zero-order chi connectivity index (χ0) is 10.9. The molecule has 0 saturated carbocycles. The van der Waals surface area contributed by atoms with Crippen molar-refractivity contribution in [2.24, 2.45) is 5.41 Å². The maximum absolute atomic E-state index is 12.2. The molecule has 0 fully saturated rings. The highest BCUT2D eigenvalue weighted by atomic mass is 32.2. The van der Waals surface area contributed by atoms with Crippen molar-refractivity contribution in [2.45, 2.75) is 6.92 Å². The minimum absolute atomic E-state index is 0.207. The molecular formula is C12H14O2S. The van der Waals surface area contributed by atoms with Gasteiger partial charge in [0.05, 0.1) is 11.0 Å². The second-order valence-electron chi connectivity index (χ2n) is 4.11. The van der Waals surface area contributed by atoms with Crippen LogP contribution in [0.2, 0.25) is 0 Å². The van der Waals surface area contributed by atoms with Gasteiger partial charge in [0.2, 0.25) is 0 Å². The summed E-state index contributed by atoms with van der Waals surface area (Å²) < 4.78 is 5.63. The summed E-state index contributed by atoms with van der Waals surface area (Å²) in [4.78, 5) is 12.2. The molecule has 2 rings (SSSR count). The Bertz CT molecular complexity index is 389. The highest BCUT2D eigenvalue weighted by molar-refractivity contribution is 7.98. The lowest BCUT2D eigenvalue weighted by molar-refractivity contribution is 0.0702. The third-order valence-electron chi connectivity index (χ3n) is 2.69. The summed E-state index contributed by atoms with van der Waals surface area (Å²) in [7, 11) is 0. The van der Waals surface area contributed by atoms with Crippen LogP contribution in [-0.4, -0.2) is 24.4 Å². The number of Topliss-reactive ketones (excluding diaryl/α,β-unsaturated/α-hetero) is 1. The van der Waals surface area contributed by atoms with Crippen molar-refractivity contribution in [3.63, 3.8) is 0 Å². The van der Waals surface area contributed by atoms with E-state index < -0.39 is 0 Å². The monoisotopic (exact) mass is 222 g/mol. The van der Waals surface area contributed by atoms with Crippen molar-refractivity contribution >= 4 is 17.5 Å². The molecule has 0 radical (unpaired) electrons.